The number of carbonyl (C=O) groups is 1. The van der Waals surface area contributed by atoms with Crippen LogP contribution in [0.4, 0.5) is 0 Å². The monoisotopic (exact) mass is 214 g/mol. The molecule has 0 radical (unpaired) electrons. The van der Waals surface area contributed by atoms with Gasteiger partial charge in [-0.25, -0.2) is 4.79 Å². The van der Waals surface area contributed by atoms with Crippen LogP contribution in [-0.4, -0.2) is 44.0 Å². The summed E-state index contributed by atoms with van der Waals surface area (Å²) in [5, 5.41) is 0. The number of ether oxygens (including phenoxy) is 1. The number of rotatable bonds is 6. The zero-order valence-electron chi connectivity index (χ0n) is 10.4. The van der Waals surface area contributed by atoms with Crippen molar-refractivity contribution in [3.05, 3.63) is 0 Å². The normalized spacial score (nSPS) is 13.2. The first-order chi connectivity index (χ1) is 6.97. The number of hydrogen-bond donors (Lipinski definition) is 0. The van der Waals surface area contributed by atoms with Gasteiger partial charge in [-0.2, -0.15) is 0 Å². The van der Waals surface area contributed by atoms with Crippen LogP contribution in [0.2, 0.25) is 0 Å². The molecule has 0 spiro atoms. The Morgan fingerprint density at radius 2 is 2.07 bits per heavy atom. The summed E-state index contributed by atoms with van der Waals surface area (Å²) in [6.07, 6.45) is 2.38. The third kappa shape index (κ3) is 6.94. The van der Waals surface area contributed by atoms with Gasteiger partial charge in [0, 0.05) is 14.1 Å². The fourth-order valence-electron chi connectivity index (χ4n) is 1.12. The van der Waals surface area contributed by atoms with Crippen molar-refractivity contribution in [2.24, 2.45) is 10.9 Å². The first kappa shape index (κ1) is 13.9. The molecule has 88 valence electrons. The van der Waals surface area contributed by atoms with E-state index in [1.807, 2.05) is 19.0 Å². The summed E-state index contributed by atoms with van der Waals surface area (Å²) in [5.41, 5.74) is 0. The summed E-state index contributed by atoms with van der Waals surface area (Å²) in [7, 11) is 3.75. The van der Waals surface area contributed by atoms with Crippen LogP contribution >= 0.6 is 0 Å². The Morgan fingerprint density at radius 1 is 1.47 bits per heavy atom. The Bertz CT molecular complexity index is 213. The van der Waals surface area contributed by atoms with Gasteiger partial charge in [0.05, 0.1) is 12.9 Å². The average Bonchev–Trinajstić information content (AvgIpc) is 2.11. The maximum atomic E-state index is 11.5. The van der Waals surface area contributed by atoms with E-state index in [0.717, 1.165) is 6.42 Å². The standard InChI is InChI=1S/C11H22N2O2/c1-6-15-11(14)10(7-9(2)3)12-8-13(4)5/h8-10H,6-7H2,1-5H3. The van der Waals surface area contributed by atoms with Gasteiger partial charge in [0.1, 0.15) is 6.04 Å². The van der Waals surface area contributed by atoms with Crippen molar-refractivity contribution >= 4 is 12.3 Å². The third-order valence-corrected chi connectivity index (χ3v) is 1.73. The molecule has 0 amide bonds. The fraction of sp³-hybridized carbons (Fsp3) is 0.818. The van der Waals surface area contributed by atoms with Crippen molar-refractivity contribution in [2.45, 2.75) is 33.2 Å². The number of esters is 1. The van der Waals surface area contributed by atoms with E-state index in [9.17, 15) is 4.79 Å². The molecule has 1 unspecified atom stereocenters. The van der Waals surface area contributed by atoms with E-state index in [0.29, 0.717) is 12.5 Å². The van der Waals surface area contributed by atoms with E-state index in [1.165, 1.54) is 0 Å². The highest BCUT2D eigenvalue weighted by Crippen LogP contribution is 2.09. The lowest BCUT2D eigenvalue weighted by atomic mass is 10.0. The van der Waals surface area contributed by atoms with Crippen LogP contribution in [0.15, 0.2) is 4.99 Å². The largest absolute Gasteiger partial charge is 0.464 e. The van der Waals surface area contributed by atoms with Crippen molar-refractivity contribution in [1.82, 2.24) is 4.90 Å². The van der Waals surface area contributed by atoms with Crippen LogP contribution in [0.5, 0.6) is 0 Å². The third-order valence-electron chi connectivity index (χ3n) is 1.73. The Kier molecular flexibility index (Phi) is 6.75. The van der Waals surface area contributed by atoms with Gasteiger partial charge in [-0.15, -0.1) is 0 Å². The second-order valence-corrected chi connectivity index (χ2v) is 4.13. The van der Waals surface area contributed by atoms with E-state index in [1.54, 1.807) is 13.3 Å². The Morgan fingerprint density at radius 3 is 2.47 bits per heavy atom. The highest BCUT2D eigenvalue weighted by Gasteiger charge is 2.19. The summed E-state index contributed by atoms with van der Waals surface area (Å²) < 4.78 is 4.97. The molecule has 0 aromatic carbocycles. The molecule has 4 nitrogen and oxygen atoms in total. The molecule has 0 saturated carbocycles. The molecule has 0 aliphatic heterocycles. The predicted octanol–water partition coefficient (Wildman–Crippen LogP) is 1.55. The maximum absolute atomic E-state index is 11.5. The highest BCUT2D eigenvalue weighted by molar-refractivity contribution is 5.77. The zero-order chi connectivity index (χ0) is 11.8. The Hall–Kier alpha value is -1.06. The molecule has 0 fully saturated rings. The second-order valence-electron chi connectivity index (χ2n) is 4.13. The second kappa shape index (κ2) is 7.26. The van der Waals surface area contributed by atoms with E-state index in [4.69, 9.17) is 4.74 Å². The lowest BCUT2D eigenvalue weighted by Gasteiger charge is -2.14. The average molecular weight is 214 g/mol. The van der Waals surface area contributed by atoms with Gasteiger partial charge in [-0.3, -0.25) is 4.99 Å². The van der Waals surface area contributed by atoms with E-state index < -0.39 is 0 Å². The summed E-state index contributed by atoms with van der Waals surface area (Å²) in [6, 6.07) is -0.368. The van der Waals surface area contributed by atoms with Gasteiger partial charge in [0.25, 0.3) is 0 Å². The minimum Gasteiger partial charge on any atom is -0.464 e. The lowest BCUT2D eigenvalue weighted by molar-refractivity contribution is -0.144. The Labute approximate surface area is 92.3 Å². The maximum Gasteiger partial charge on any atom is 0.330 e. The topological polar surface area (TPSA) is 41.9 Å². The molecular weight excluding hydrogens is 192 g/mol. The van der Waals surface area contributed by atoms with E-state index >= 15 is 0 Å². The molecule has 1 atom stereocenters. The van der Waals surface area contributed by atoms with Gasteiger partial charge in [-0.05, 0) is 19.3 Å². The number of carbonyl (C=O) groups excluding carboxylic acids is 1. The molecule has 0 bridgehead atoms. The first-order valence-electron chi connectivity index (χ1n) is 5.33. The summed E-state index contributed by atoms with van der Waals surface area (Å²) in [4.78, 5) is 17.6. The van der Waals surface area contributed by atoms with Crippen molar-refractivity contribution in [2.75, 3.05) is 20.7 Å². The van der Waals surface area contributed by atoms with Crippen LogP contribution < -0.4 is 0 Å². The molecule has 4 heteroatoms. The quantitative estimate of drug-likeness (QED) is 0.383. The van der Waals surface area contributed by atoms with Crippen molar-refractivity contribution in [1.29, 1.82) is 0 Å². The fourth-order valence-corrected chi connectivity index (χ4v) is 1.12. The molecule has 0 saturated heterocycles. The lowest BCUT2D eigenvalue weighted by Crippen LogP contribution is -2.25. The van der Waals surface area contributed by atoms with Crippen molar-refractivity contribution in [3.63, 3.8) is 0 Å². The minimum atomic E-state index is -0.368. The minimum absolute atomic E-state index is 0.232. The molecule has 0 aromatic rings. The molecule has 0 aromatic heterocycles. The molecular formula is C11H22N2O2. The van der Waals surface area contributed by atoms with Crippen molar-refractivity contribution < 1.29 is 9.53 Å². The summed E-state index contributed by atoms with van der Waals surface area (Å²) in [6.45, 7) is 6.35. The number of nitrogens with zero attached hydrogens (tertiary/aromatic N) is 2. The summed E-state index contributed by atoms with van der Waals surface area (Å²) >= 11 is 0. The molecule has 0 N–H and O–H groups in total. The van der Waals surface area contributed by atoms with Crippen LogP contribution in [0.25, 0.3) is 0 Å². The molecule has 0 rings (SSSR count). The van der Waals surface area contributed by atoms with Gasteiger partial charge in [0.2, 0.25) is 0 Å². The molecule has 0 heterocycles. The smallest absolute Gasteiger partial charge is 0.330 e. The molecule has 0 aliphatic rings. The van der Waals surface area contributed by atoms with Crippen LogP contribution in [0.1, 0.15) is 27.2 Å². The van der Waals surface area contributed by atoms with E-state index in [-0.39, 0.29) is 12.0 Å². The van der Waals surface area contributed by atoms with Gasteiger partial charge < -0.3 is 9.64 Å². The highest BCUT2D eigenvalue weighted by atomic mass is 16.5. The molecule has 15 heavy (non-hydrogen) atoms. The van der Waals surface area contributed by atoms with Crippen molar-refractivity contribution in [3.8, 4) is 0 Å². The van der Waals surface area contributed by atoms with Crippen LogP contribution in [0.3, 0.4) is 0 Å². The number of hydrogen-bond acceptors (Lipinski definition) is 3. The number of aliphatic imine (C=N–C) groups is 1. The summed E-state index contributed by atoms with van der Waals surface area (Å²) in [5.74, 6) is 0.197. The predicted molar refractivity (Wildman–Crippen MR) is 62.1 cm³/mol. The Balaban J connectivity index is 4.36. The van der Waals surface area contributed by atoms with Crippen LogP contribution in [0, 0.1) is 5.92 Å². The van der Waals surface area contributed by atoms with Crippen LogP contribution in [-0.2, 0) is 9.53 Å². The van der Waals surface area contributed by atoms with Gasteiger partial charge in [0.15, 0.2) is 0 Å². The zero-order valence-corrected chi connectivity index (χ0v) is 10.4. The molecule has 0 aliphatic carbocycles. The van der Waals surface area contributed by atoms with E-state index in [2.05, 4.69) is 18.8 Å². The van der Waals surface area contributed by atoms with Gasteiger partial charge >= 0.3 is 5.97 Å². The van der Waals surface area contributed by atoms with Gasteiger partial charge in [-0.1, -0.05) is 13.8 Å². The SMILES string of the molecule is CCOC(=O)C(CC(C)C)N=CN(C)C. The first-order valence-corrected chi connectivity index (χ1v) is 5.33.